The maximum Gasteiger partial charge on any atom is 0.148 e. The van der Waals surface area contributed by atoms with E-state index in [4.69, 9.17) is 25.4 Å². The Kier molecular flexibility index (Phi) is 9.49. The molecule has 4 heterocycles. The molecule has 4 aromatic heterocycles. The summed E-state index contributed by atoms with van der Waals surface area (Å²) in [7, 11) is 0. The molecule has 4 nitrogen and oxygen atoms in total. The van der Waals surface area contributed by atoms with E-state index in [-0.39, 0.29) is 36.6 Å². The molecule has 0 saturated carbocycles. The predicted octanol–water partition coefficient (Wildman–Crippen LogP) is 15.1. The molecule has 0 bridgehead atoms. The van der Waals surface area contributed by atoms with Crippen molar-refractivity contribution in [1.29, 1.82) is 0 Å². The second-order valence-corrected chi connectivity index (χ2v) is 18.0. The fraction of sp³-hybridized carbons (Fsp3) is 0.241. The molecule has 9 aromatic rings. The van der Waals surface area contributed by atoms with Crippen LogP contribution in [0.25, 0.3) is 76.9 Å². The van der Waals surface area contributed by atoms with Crippen LogP contribution in [0, 0.1) is 45.1 Å². The topological polar surface area (TPSA) is 51.8 Å². The monoisotopic (exact) mass is 990 g/mol. The largest absolute Gasteiger partial charge is 0.498 e. The summed E-state index contributed by atoms with van der Waals surface area (Å²) in [6.07, 6.45) is 1.46. The molecule has 9 rings (SSSR count). The van der Waals surface area contributed by atoms with Gasteiger partial charge in [0.15, 0.2) is 0 Å². The zero-order valence-electron chi connectivity index (χ0n) is 43.0. The Morgan fingerprint density at radius 2 is 1.47 bits per heavy atom. The van der Waals surface area contributed by atoms with Gasteiger partial charge >= 0.3 is 0 Å². The molecule has 60 heavy (non-hydrogen) atoms. The summed E-state index contributed by atoms with van der Waals surface area (Å²) < 4.78 is 71.6. The Morgan fingerprint density at radius 3 is 2.15 bits per heavy atom. The van der Waals surface area contributed by atoms with Gasteiger partial charge in [0.25, 0.3) is 0 Å². The molecular formula is C54H51IrN3OS-2. The first-order valence-electron chi connectivity index (χ1n) is 23.7. The molecule has 0 saturated heterocycles. The molecule has 0 aliphatic heterocycles. The summed E-state index contributed by atoms with van der Waals surface area (Å²) in [5.74, 6) is 0. The molecular weight excluding hydrogens is 931 g/mol. The Balaban J connectivity index is 0.000000219. The van der Waals surface area contributed by atoms with Crippen molar-refractivity contribution in [2.45, 2.75) is 80.9 Å². The van der Waals surface area contributed by atoms with E-state index in [9.17, 15) is 0 Å². The number of thiazole rings is 1. The van der Waals surface area contributed by atoms with E-state index in [0.29, 0.717) is 33.7 Å². The van der Waals surface area contributed by atoms with Crippen molar-refractivity contribution < 1.29 is 35.5 Å². The molecule has 0 N–H and O–H groups in total. The molecule has 305 valence electrons. The van der Waals surface area contributed by atoms with Crippen molar-refractivity contribution in [2.75, 3.05) is 0 Å². The first-order valence-corrected chi connectivity index (χ1v) is 20.5. The third-order valence-corrected chi connectivity index (χ3v) is 11.5. The normalized spacial score (nSPS) is 14.4. The van der Waals surface area contributed by atoms with Crippen LogP contribution in [0.5, 0.6) is 0 Å². The van der Waals surface area contributed by atoms with E-state index in [2.05, 4.69) is 76.0 Å². The Bertz CT molecular complexity index is 3270. The van der Waals surface area contributed by atoms with Crippen LogP contribution >= 0.6 is 11.3 Å². The fourth-order valence-electron chi connectivity index (χ4n) is 7.29. The summed E-state index contributed by atoms with van der Waals surface area (Å²) >= 11 is 1.71. The average molecular weight is 990 g/mol. The second-order valence-electron chi connectivity index (χ2n) is 17.0. The molecule has 0 spiro atoms. The van der Waals surface area contributed by atoms with Crippen molar-refractivity contribution in [1.82, 2.24) is 15.0 Å². The zero-order chi connectivity index (χ0) is 48.4. The molecule has 0 amide bonds. The van der Waals surface area contributed by atoms with Crippen LogP contribution in [-0.4, -0.2) is 15.0 Å². The van der Waals surface area contributed by atoms with Crippen molar-refractivity contribution in [3.05, 3.63) is 160 Å². The number of hydrogen-bond donors (Lipinski definition) is 0. The number of furan rings is 1. The van der Waals surface area contributed by atoms with Gasteiger partial charge in [-0.3, -0.25) is 0 Å². The third-order valence-electron chi connectivity index (χ3n) is 10.1. The second kappa shape index (κ2) is 17.0. The van der Waals surface area contributed by atoms with Crippen molar-refractivity contribution >= 4 is 43.5 Å². The van der Waals surface area contributed by atoms with E-state index in [1.165, 1.54) is 18.3 Å². The van der Waals surface area contributed by atoms with E-state index in [0.717, 1.165) is 65.0 Å². The van der Waals surface area contributed by atoms with Gasteiger partial charge < -0.3 is 14.4 Å². The maximum atomic E-state index is 9.15. The van der Waals surface area contributed by atoms with Gasteiger partial charge in [0.1, 0.15) is 11.1 Å². The number of benzene rings is 5. The number of rotatable bonds is 5. The van der Waals surface area contributed by atoms with Gasteiger partial charge in [-0.15, -0.1) is 64.9 Å². The van der Waals surface area contributed by atoms with Gasteiger partial charge in [-0.25, -0.2) is 4.98 Å². The van der Waals surface area contributed by atoms with Crippen LogP contribution in [0.1, 0.15) is 85.3 Å². The molecule has 0 unspecified atom stereocenters. The van der Waals surface area contributed by atoms with Crippen LogP contribution in [0.2, 0.25) is 0 Å². The van der Waals surface area contributed by atoms with Crippen molar-refractivity contribution in [3.8, 4) is 44.8 Å². The van der Waals surface area contributed by atoms with Crippen LogP contribution < -0.4 is 0 Å². The number of fused-ring (bicyclic) bond motifs is 5. The quantitative estimate of drug-likeness (QED) is 0.161. The Labute approximate surface area is 383 Å². The van der Waals surface area contributed by atoms with Crippen LogP contribution in [0.4, 0.5) is 0 Å². The van der Waals surface area contributed by atoms with Gasteiger partial charge in [0, 0.05) is 54.3 Å². The van der Waals surface area contributed by atoms with Gasteiger partial charge in [0.05, 0.1) is 15.3 Å². The van der Waals surface area contributed by atoms with E-state index >= 15 is 0 Å². The number of aryl methyl sites for hydroxylation is 4. The molecule has 0 atom stereocenters. The minimum absolute atomic E-state index is 0. The van der Waals surface area contributed by atoms with Gasteiger partial charge in [-0.1, -0.05) is 126 Å². The number of nitrogens with zero attached hydrogens (tertiary/aromatic N) is 3. The predicted molar refractivity (Wildman–Crippen MR) is 249 cm³/mol. The van der Waals surface area contributed by atoms with Gasteiger partial charge in [-0.05, 0) is 94.4 Å². The van der Waals surface area contributed by atoms with Crippen LogP contribution in [0.15, 0.2) is 120 Å². The summed E-state index contributed by atoms with van der Waals surface area (Å²) in [6, 6.07) is 38.3. The molecule has 0 aliphatic rings. The molecule has 6 heteroatoms. The summed E-state index contributed by atoms with van der Waals surface area (Å²) in [5.41, 5.74) is 10.7. The number of hydrogen-bond acceptors (Lipinski definition) is 5. The summed E-state index contributed by atoms with van der Waals surface area (Å²) in [5, 5.41) is 3.09. The first-order chi connectivity index (χ1) is 31.3. The van der Waals surface area contributed by atoms with Gasteiger partial charge in [0.2, 0.25) is 0 Å². The van der Waals surface area contributed by atoms with E-state index in [1.54, 1.807) is 29.7 Å². The van der Waals surface area contributed by atoms with Crippen LogP contribution in [0.3, 0.4) is 0 Å². The standard InChI is InChI=1S/C35H35N2OS.C19H16N.Ir/c1-20-11-9-12-21(2)29(20)26-17-27(36-19-22(26)18-34(3,4)5)25-14-10-13-23-24-15-16-28-30(32(24)38-31(23)25)37-33(39-28)35(6,7)8;1-14-8-10-17(11-9-14)19-12-18(15(2)13-20-19)16-6-4-3-5-7-16;/h9-13,15-17,19H,18H2,1-8H3;3-10,12-13H,1-2H3;/q2*-1;/i18D2;1D3,2D3;. The molecule has 5 aromatic carbocycles. The molecule has 0 fully saturated rings. The van der Waals surface area contributed by atoms with Crippen molar-refractivity contribution in [3.63, 3.8) is 0 Å². The SMILES string of the molecule is [2H]C([2H])([2H])c1c[c-]c(-c2cc(-c3ccccc3)c(C([2H])([2H])[2H])cn2)cc1.[2H]C([2H])(c1cnc(-c2[c-]ccc3c2oc2c3ccc3sc(C(C)(C)C)nc32)cc1-c1c(C)cccc1C)C(C)(C)C.[Ir]. The third kappa shape index (κ3) is 8.79. The minimum atomic E-state index is -2.29. The van der Waals surface area contributed by atoms with Crippen molar-refractivity contribution in [2.24, 2.45) is 5.41 Å². The average Bonchev–Trinajstić information content (AvgIpc) is 3.89. The Morgan fingerprint density at radius 1 is 0.733 bits per heavy atom. The van der Waals surface area contributed by atoms with E-state index in [1.807, 2.05) is 75.4 Å². The zero-order valence-corrected chi connectivity index (χ0v) is 38.2. The number of aromatic nitrogens is 3. The fourth-order valence-corrected chi connectivity index (χ4v) is 8.31. The maximum absolute atomic E-state index is 9.15. The van der Waals surface area contributed by atoms with Crippen LogP contribution in [-0.2, 0) is 31.9 Å². The van der Waals surface area contributed by atoms with Gasteiger partial charge in [-0.2, -0.15) is 0 Å². The number of pyridine rings is 2. The smallest absolute Gasteiger partial charge is 0.148 e. The summed E-state index contributed by atoms with van der Waals surface area (Å²) in [6.45, 7) is 12.0. The Hall–Kier alpha value is -5.26. The molecule has 0 aliphatic carbocycles. The van der Waals surface area contributed by atoms with E-state index < -0.39 is 25.5 Å². The molecule has 1 radical (unpaired) electrons. The minimum Gasteiger partial charge on any atom is -0.498 e. The summed E-state index contributed by atoms with van der Waals surface area (Å²) in [4.78, 5) is 14.1. The first kappa shape index (κ1) is 33.5.